The first-order chi connectivity index (χ1) is 6.58. The molecule has 0 saturated heterocycles. The molecule has 1 aromatic carbocycles. The fraction of sp³-hybridized carbons (Fsp3) is 0. The normalized spacial score (nSPS) is 10.4. The van der Waals surface area contributed by atoms with Gasteiger partial charge in [0.15, 0.2) is 0 Å². The molecule has 14 heavy (non-hydrogen) atoms. The molecule has 0 aliphatic rings. The molecule has 1 rings (SSSR count). The van der Waals surface area contributed by atoms with Crippen molar-refractivity contribution in [1.29, 1.82) is 0 Å². The predicted molar refractivity (Wildman–Crippen MR) is 48.3 cm³/mol. The Morgan fingerprint density at radius 2 is 1.00 bits per heavy atom. The zero-order chi connectivity index (χ0) is 10.6. The Kier molecular flexibility index (Phi) is 3.72. The fourth-order valence-electron chi connectivity index (χ4n) is 0.733. The van der Waals surface area contributed by atoms with Gasteiger partial charge < -0.3 is 8.37 Å². The van der Waals surface area contributed by atoms with Crippen LogP contribution in [0.3, 0.4) is 0 Å². The lowest BCUT2D eigenvalue weighted by atomic mass is 10.3. The van der Waals surface area contributed by atoms with Crippen molar-refractivity contribution in [3.05, 3.63) is 24.3 Å². The standard InChI is InChI=1S/C6H6O6S2/c7-13(8)11-5-1-2-6(4-3-5)12-14(9)10/h1-4,13-14H. The molecule has 6 nitrogen and oxygen atoms in total. The lowest BCUT2D eigenvalue weighted by molar-refractivity contribution is 0.502. The van der Waals surface area contributed by atoms with E-state index in [1.165, 1.54) is 24.3 Å². The lowest BCUT2D eigenvalue weighted by Crippen LogP contribution is -1.91. The first kappa shape index (κ1) is 10.8. The van der Waals surface area contributed by atoms with Gasteiger partial charge in [0.1, 0.15) is 11.5 Å². The van der Waals surface area contributed by atoms with E-state index in [2.05, 4.69) is 8.37 Å². The van der Waals surface area contributed by atoms with E-state index in [0.29, 0.717) is 0 Å². The van der Waals surface area contributed by atoms with Gasteiger partial charge in [-0.3, -0.25) is 0 Å². The maximum atomic E-state index is 10.1. The number of rotatable bonds is 4. The molecule has 0 bridgehead atoms. The zero-order valence-electron chi connectivity index (χ0n) is 6.65. The molecule has 78 valence electrons. The van der Waals surface area contributed by atoms with Gasteiger partial charge in [0.2, 0.25) is 0 Å². The first-order valence-electron chi connectivity index (χ1n) is 3.33. The average molecular weight is 238 g/mol. The van der Waals surface area contributed by atoms with Gasteiger partial charge in [0.25, 0.3) is 22.0 Å². The third-order valence-corrected chi connectivity index (χ3v) is 1.90. The minimum absolute atomic E-state index is 0.0922. The van der Waals surface area contributed by atoms with E-state index in [1.54, 1.807) is 0 Å². The van der Waals surface area contributed by atoms with Crippen molar-refractivity contribution in [2.45, 2.75) is 0 Å². The molecule has 0 aliphatic heterocycles. The molecule has 0 spiro atoms. The molecule has 1 aromatic rings. The maximum Gasteiger partial charge on any atom is 0.299 e. The highest BCUT2D eigenvalue weighted by atomic mass is 32.2. The summed E-state index contributed by atoms with van der Waals surface area (Å²) in [6, 6.07) is 5.11. The molecular weight excluding hydrogens is 232 g/mol. The van der Waals surface area contributed by atoms with E-state index in [4.69, 9.17) is 0 Å². The minimum Gasteiger partial charge on any atom is -0.384 e. The van der Waals surface area contributed by atoms with E-state index < -0.39 is 22.0 Å². The molecule has 0 amide bonds. The van der Waals surface area contributed by atoms with Crippen LogP contribution in [0.4, 0.5) is 0 Å². The van der Waals surface area contributed by atoms with Crippen LogP contribution in [0.1, 0.15) is 0 Å². The largest absolute Gasteiger partial charge is 0.384 e. The Morgan fingerprint density at radius 3 is 1.21 bits per heavy atom. The lowest BCUT2D eigenvalue weighted by Gasteiger charge is -1.99. The van der Waals surface area contributed by atoms with Gasteiger partial charge in [-0.2, -0.15) is 16.8 Å². The zero-order valence-corrected chi connectivity index (χ0v) is 8.44. The summed E-state index contributed by atoms with van der Waals surface area (Å²) in [5.41, 5.74) is 0. The molecule has 0 aliphatic carbocycles. The molecule has 0 aromatic heterocycles. The van der Waals surface area contributed by atoms with Crippen LogP contribution in [0.2, 0.25) is 0 Å². The Morgan fingerprint density at radius 1 is 0.714 bits per heavy atom. The van der Waals surface area contributed by atoms with E-state index in [9.17, 15) is 16.8 Å². The maximum absolute atomic E-state index is 10.1. The summed E-state index contributed by atoms with van der Waals surface area (Å²) in [6.07, 6.45) is 0. The van der Waals surface area contributed by atoms with Crippen molar-refractivity contribution >= 4 is 22.0 Å². The topological polar surface area (TPSA) is 86.7 Å². The highest BCUT2D eigenvalue weighted by Gasteiger charge is 1.97. The summed E-state index contributed by atoms with van der Waals surface area (Å²) in [4.78, 5) is 0. The first-order valence-corrected chi connectivity index (χ1v) is 5.52. The predicted octanol–water partition coefficient (Wildman–Crippen LogP) is -0.503. The van der Waals surface area contributed by atoms with E-state index in [-0.39, 0.29) is 11.5 Å². The van der Waals surface area contributed by atoms with Crippen LogP contribution in [0.5, 0.6) is 11.5 Å². The Balaban J connectivity index is 2.77. The van der Waals surface area contributed by atoms with Crippen LogP contribution < -0.4 is 8.37 Å². The van der Waals surface area contributed by atoms with Crippen molar-refractivity contribution < 1.29 is 25.2 Å². The van der Waals surface area contributed by atoms with Crippen LogP contribution >= 0.6 is 0 Å². The summed E-state index contributed by atoms with van der Waals surface area (Å²) >= 11 is 0. The molecule has 0 saturated carbocycles. The summed E-state index contributed by atoms with van der Waals surface area (Å²) in [6.45, 7) is 0. The second-order valence-electron chi connectivity index (χ2n) is 2.10. The highest BCUT2D eigenvalue weighted by Crippen LogP contribution is 2.17. The summed E-state index contributed by atoms with van der Waals surface area (Å²) in [5.74, 6) is 0.184. The van der Waals surface area contributed by atoms with Gasteiger partial charge in [0, 0.05) is 0 Å². The van der Waals surface area contributed by atoms with Crippen molar-refractivity contribution in [1.82, 2.24) is 0 Å². The Bertz CT molecular complexity index is 385. The monoisotopic (exact) mass is 238 g/mol. The van der Waals surface area contributed by atoms with E-state index in [0.717, 1.165) is 0 Å². The SMILES string of the molecule is O=[SH](=O)Oc1ccc(O[SH](=O)=O)cc1. The highest BCUT2D eigenvalue weighted by molar-refractivity contribution is 7.67. The smallest absolute Gasteiger partial charge is 0.299 e. The third kappa shape index (κ3) is 3.62. The van der Waals surface area contributed by atoms with Gasteiger partial charge in [-0.15, -0.1) is 0 Å². The number of hydrogen-bond acceptors (Lipinski definition) is 6. The van der Waals surface area contributed by atoms with Crippen molar-refractivity contribution in [2.75, 3.05) is 0 Å². The average Bonchev–Trinajstić information content (AvgIpc) is 2.06. The van der Waals surface area contributed by atoms with Crippen LogP contribution in [-0.2, 0) is 22.0 Å². The quantitative estimate of drug-likeness (QED) is 0.687. The molecule has 0 atom stereocenters. The fourth-order valence-corrected chi connectivity index (χ4v) is 1.32. The van der Waals surface area contributed by atoms with Gasteiger partial charge in [0.05, 0.1) is 0 Å². The van der Waals surface area contributed by atoms with Crippen LogP contribution in [0.25, 0.3) is 0 Å². The van der Waals surface area contributed by atoms with Crippen LogP contribution in [0.15, 0.2) is 24.3 Å². The van der Waals surface area contributed by atoms with Gasteiger partial charge >= 0.3 is 0 Å². The molecule has 0 radical (unpaired) electrons. The number of thiol groups is 2. The van der Waals surface area contributed by atoms with Gasteiger partial charge in [-0.1, -0.05) is 0 Å². The summed E-state index contributed by atoms with van der Waals surface area (Å²) < 4.78 is 49.1. The van der Waals surface area contributed by atoms with E-state index in [1.807, 2.05) is 0 Å². The Labute approximate surface area is 83.4 Å². The second-order valence-corrected chi connectivity index (χ2v) is 3.36. The summed E-state index contributed by atoms with van der Waals surface area (Å²) in [7, 11) is -5.93. The van der Waals surface area contributed by atoms with E-state index >= 15 is 0 Å². The van der Waals surface area contributed by atoms with Crippen LogP contribution in [-0.4, -0.2) is 16.8 Å². The summed E-state index contributed by atoms with van der Waals surface area (Å²) in [5, 5.41) is 0. The minimum atomic E-state index is -2.96. The number of benzene rings is 1. The van der Waals surface area contributed by atoms with Gasteiger partial charge in [-0.25, -0.2) is 0 Å². The van der Waals surface area contributed by atoms with Crippen LogP contribution in [0, 0.1) is 0 Å². The second kappa shape index (κ2) is 4.82. The van der Waals surface area contributed by atoms with Gasteiger partial charge in [-0.05, 0) is 24.3 Å². The molecule has 0 heterocycles. The molecule has 0 unspecified atom stereocenters. The van der Waals surface area contributed by atoms with Crippen molar-refractivity contribution in [2.24, 2.45) is 0 Å². The van der Waals surface area contributed by atoms with Crippen molar-refractivity contribution in [3.8, 4) is 11.5 Å². The van der Waals surface area contributed by atoms with Crippen molar-refractivity contribution in [3.63, 3.8) is 0 Å². The Hall–Kier alpha value is -1.28. The molecule has 8 heteroatoms. The molecule has 0 N–H and O–H groups in total. The number of hydrogen-bond donors (Lipinski definition) is 2. The molecule has 0 fully saturated rings. The third-order valence-electron chi connectivity index (χ3n) is 1.18. The molecular formula is C6H6O6S2.